The van der Waals surface area contributed by atoms with Crippen molar-refractivity contribution < 1.29 is 8.83 Å². The minimum atomic E-state index is 0.972. The third kappa shape index (κ3) is 11.4. The van der Waals surface area contributed by atoms with Crippen LogP contribution in [0.3, 0.4) is 0 Å². The van der Waals surface area contributed by atoms with Crippen molar-refractivity contribution in [3.05, 3.63) is 245 Å². The van der Waals surface area contributed by atoms with Gasteiger partial charge in [-0.2, -0.15) is 0 Å². The molecule has 0 atom stereocenters. The minimum Gasteiger partial charge on any atom is -0.464 e. The van der Waals surface area contributed by atoms with E-state index in [0.29, 0.717) is 0 Å². The van der Waals surface area contributed by atoms with Gasteiger partial charge in [-0.3, -0.25) is 0 Å². The zero-order valence-corrected chi connectivity index (χ0v) is 40.9. The van der Waals surface area contributed by atoms with Crippen LogP contribution in [0.25, 0.3) is 69.6 Å². The van der Waals surface area contributed by atoms with Crippen LogP contribution in [-0.4, -0.2) is 9.13 Å². The summed E-state index contributed by atoms with van der Waals surface area (Å²) in [6.07, 6.45) is 1.78. The Balaban J connectivity index is 0.000000110. The molecule has 0 fully saturated rings. The summed E-state index contributed by atoms with van der Waals surface area (Å²) in [4.78, 5) is 1.39. The zero-order valence-electron chi connectivity index (χ0n) is 39.2. The molecule has 6 heteroatoms. The highest BCUT2D eigenvalue weighted by Crippen LogP contribution is 2.26. The molecule has 67 heavy (non-hydrogen) atoms. The van der Waals surface area contributed by atoms with Gasteiger partial charge in [-0.05, 0) is 147 Å². The van der Waals surface area contributed by atoms with Crippen LogP contribution >= 0.6 is 22.7 Å². The predicted octanol–water partition coefficient (Wildman–Crippen LogP) is 18.3. The lowest BCUT2D eigenvalue weighted by molar-refractivity contribution is 0.578. The number of para-hydroxylation sites is 5. The molecule has 6 aromatic heterocycles. The molecule has 13 rings (SSSR count). The molecule has 13 aromatic rings. The monoisotopic (exact) mass is 912 g/mol. The topological polar surface area (TPSA) is 36.1 Å². The maximum absolute atomic E-state index is 5.37. The molecule has 0 aliphatic heterocycles. The van der Waals surface area contributed by atoms with Gasteiger partial charge < -0.3 is 18.0 Å². The number of aryl methyl sites for hydroxylation is 7. The van der Waals surface area contributed by atoms with Crippen LogP contribution in [-0.2, 0) is 7.05 Å². The summed E-state index contributed by atoms with van der Waals surface area (Å²) >= 11 is 3.67. The van der Waals surface area contributed by atoms with Gasteiger partial charge in [0.1, 0.15) is 16.9 Å². The molecule has 0 aliphatic carbocycles. The number of thiophene rings is 2. The van der Waals surface area contributed by atoms with E-state index < -0.39 is 0 Å². The molecule has 334 valence electrons. The van der Waals surface area contributed by atoms with Gasteiger partial charge >= 0.3 is 0 Å². The summed E-state index contributed by atoms with van der Waals surface area (Å²) < 4.78 is 17.9. The lowest BCUT2D eigenvalue weighted by atomic mass is 10.2. The Hall–Kier alpha value is -7.38. The third-order valence-electron chi connectivity index (χ3n) is 11.5. The molecule has 7 aromatic carbocycles. The number of aromatic nitrogens is 2. The Labute approximate surface area is 401 Å². The second-order valence-electron chi connectivity index (χ2n) is 16.5. The van der Waals surface area contributed by atoms with E-state index in [0.717, 1.165) is 16.9 Å². The number of rotatable bonds is 1. The summed E-state index contributed by atoms with van der Waals surface area (Å²) in [6, 6.07) is 69.1. The van der Waals surface area contributed by atoms with Gasteiger partial charge in [0.15, 0.2) is 0 Å². The normalized spacial score (nSPS) is 10.6. The summed E-state index contributed by atoms with van der Waals surface area (Å²) in [5.41, 5.74) is 10.9. The molecule has 0 saturated carbocycles. The highest BCUT2D eigenvalue weighted by Gasteiger charge is 2.06. The molecule has 0 spiro atoms. The van der Waals surface area contributed by atoms with Gasteiger partial charge in [0.25, 0.3) is 0 Å². The van der Waals surface area contributed by atoms with Crippen molar-refractivity contribution in [1.82, 2.24) is 9.13 Å². The van der Waals surface area contributed by atoms with Crippen molar-refractivity contribution in [3.63, 3.8) is 0 Å². The highest BCUT2D eigenvalue weighted by atomic mass is 32.1. The van der Waals surface area contributed by atoms with Crippen LogP contribution in [0.4, 0.5) is 0 Å². The van der Waals surface area contributed by atoms with E-state index in [-0.39, 0.29) is 0 Å². The van der Waals surface area contributed by atoms with Crippen LogP contribution in [0, 0.1) is 41.5 Å². The van der Waals surface area contributed by atoms with E-state index in [1.807, 2.05) is 91.1 Å². The van der Waals surface area contributed by atoms with Crippen molar-refractivity contribution in [2.45, 2.75) is 41.5 Å². The first-order chi connectivity index (χ1) is 32.6. The lowest BCUT2D eigenvalue weighted by Crippen LogP contribution is -1.94. The standard InChI is InChI=1S/C15H13N.C10H11N.2C9H8O.2C9H8S/c1-12-11-13-7-5-6-10-15(13)16(12)14-8-3-2-4-9-14;1-8-7-9-5-3-4-6-10(9)11(8)2;1-7-6-10-9-5-3-2-4-8(7)9;1-7-6-8-4-2-3-5-9(8)10-7;1-7-6-10-9-5-3-2-4-8(7)9;1-7-6-8-4-2-3-5-9(8)10-7/h2-11H,1H3;3-7H,1-2H3;4*2-6H,1H3. The molecule has 0 radical (unpaired) electrons. The quantitative estimate of drug-likeness (QED) is 0.164. The van der Waals surface area contributed by atoms with Gasteiger partial charge in [-0.1, -0.05) is 127 Å². The summed E-state index contributed by atoms with van der Waals surface area (Å²) in [5, 5.41) is 9.97. The van der Waals surface area contributed by atoms with Crippen LogP contribution in [0.15, 0.2) is 221 Å². The second-order valence-corrected chi connectivity index (χ2v) is 18.7. The highest BCUT2D eigenvalue weighted by molar-refractivity contribution is 7.19. The van der Waals surface area contributed by atoms with E-state index in [1.165, 1.54) is 85.8 Å². The Bertz CT molecular complexity index is 3410. The fraction of sp³-hybridized carbons (Fsp3) is 0.115. The number of benzene rings is 7. The van der Waals surface area contributed by atoms with E-state index in [1.54, 1.807) is 6.26 Å². The molecular weight excluding hydrogens is 857 g/mol. The van der Waals surface area contributed by atoms with Crippen molar-refractivity contribution in [1.29, 1.82) is 0 Å². The molecule has 0 N–H and O–H groups in total. The minimum absolute atomic E-state index is 0.972. The smallest absolute Gasteiger partial charge is 0.134 e. The summed E-state index contributed by atoms with van der Waals surface area (Å²) in [7, 11) is 2.09. The third-order valence-corrected chi connectivity index (χ3v) is 13.7. The van der Waals surface area contributed by atoms with Gasteiger partial charge in [0, 0.05) is 60.1 Å². The van der Waals surface area contributed by atoms with E-state index in [9.17, 15) is 0 Å². The predicted molar refractivity (Wildman–Crippen MR) is 291 cm³/mol. The number of fused-ring (bicyclic) bond motifs is 6. The SMILES string of the molecule is Cc1cc2ccccc2n1-c1ccccc1.Cc1cc2ccccc2n1C.Cc1cc2ccccc2o1.Cc1cc2ccccc2s1.Cc1coc2ccccc12.Cc1csc2ccccc12. The van der Waals surface area contributed by atoms with Gasteiger partial charge in [-0.15, -0.1) is 22.7 Å². The molecule has 0 saturated heterocycles. The molecule has 0 amide bonds. The van der Waals surface area contributed by atoms with Crippen molar-refractivity contribution in [2.75, 3.05) is 0 Å². The maximum atomic E-state index is 5.37. The fourth-order valence-electron chi connectivity index (χ4n) is 8.09. The molecular formula is C61H56N2O2S2. The molecule has 0 bridgehead atoms. The van der Waals surface area contributed by atoms with Crippen LogP contribution in [0.1, 0.15) is 33.2 Å². The maximum Gasteiger partial charge on any atom is 0.134 e. The summed E-state index contributed by atoms with van der Waals surface area (Å²) in [5.74, 6) is 0.973. The first kappa shape index (κ1) is 46.2. The Morgan fingerprint density at radius 2 is 0.985 bits per heavy atom. The zero-order chi connectivity index (χ0) is 46.7. The average molecular weight is 913 g/mol. The lowest BCUT2D eigenvalue weighted by Gasteiger charge is -2.07. The van der Waals surface area contributed by atoms with Gasteiger partial charge in [0.05, 0.1) is 11.8 Å². The van der Waals surface area contributed by atoms with E-state index in [4.69, 9.17) is 8.83 Å². The number of hydrogen-bond acceptors (Lipinski definition) is 4. The van der Waals surface area contributed by atoms with Crippen LogP contribution in [0.5, 0.6) is 0 Å². The Kier molecular flexibility index (Phi) is 15.0. The van der Waals surface area contributed by atoms with Gasteiger partial charge in [-0.25, -0.2) is 0 Å². The van der Waals surface area contributed by atoms with Gasteiger partial charge in [0.2, 0.25) is 0 Å². The first-order valence-corrected chi connectivity index (χ1v) is 24.2. The van der Waals surface area contributed by atoms with Crippen molar-refractivity contribution >= 4 is 86.6 Å². The number of furan rings is 2. The average Bonchev–Trinajstić information content (AvgIpc) is 4.22. The van der Waals surface area contributed by atoms with Crippen molar-refractivity contribution in [2.24, 2.45) is 7.05 Å². The fourth-order valence-corrected chi connectivity index (χ4v) is 9.96. The Morgan fingerprint density at radius 3 is 1.66 bits per heavy atom. The largest absolute Gasteiger partial charge is 0.464 e. The second kappa shape index (κ2) is 21.7. The van der Waals surface area contributed by atoms with Crippen molar-refractivity contribution in [3.8, 4) is 5.69 Å². The molecule has 0 aliphatic rings. The summed E-state index contributed by atoms with van der Waals surface area (Å²) in [6.45, 7) is 12.6. The van der Waals surface area contributed by atoms with E-state index >= 15 is 0 Å². The Morgan fingerprint density at radius 1 is 0.433 bits per heavy atom. The van der Waals surface area contributed by atoms with Crippen LogP contribution < -0.4 is 0 Å². The van der Waals surface area contributed by atoms with Crippen LogP contribution in [0.2, 0.25) is 0 Å². The molecule has 6 heterocycles. The van der Waals surface area contributed by atoms with E-state index in [2.05, 4.69) is 195 Å². The first-order valence-electron chi connectivity index (χ1n) is 22.5. The molecule has 4 nitrogen and oxygen atoms in total. The number of hydrogen-bond donors (Lipinski definition) is 0. The number of nitrogens with zero attached hydrogens (tertiary/aromatic N) is 2. The molecule has 0 unspecified atom stereocenters.